The molecule has 0 bridgehead atoms. The fraction of sp³-hybridized carbons (Fsp3) is 0.143. The van der Waals surface area contributed by atoms with E-state index in [1.54, 1.807) is 0 Å². The summed E-state index contributed by atoms with van der Waals surface area (Å²) in [6, 6.07) is 4.54. The largest absolute Gasteiger partial charge is 0.416 e. The van der Waals surface area contributed by atoms with Gasteiger partial charge in [-0.2, -0.15) is 13.2 Å². The molecule has 0 saturated carbocycles. The van der Waals surface area contributed by atoms with Gasteiger partial charge in [-0.3, -0.25) is 0 Å². The van der Waals surface area contributed by atoms with Gasteiger partial charge >= 0.3 is 29.2 Å². The third-order valence-corrected chi connectivity index (χ3v) is 1.39. The first-order valence-electron chi connectivity index (χ1n) is 2.83. The molecule has 0 fully saturated rings. The molecule has 0 aliphatic carbocycles. The minimum Gasteiger partial charge on any atom is -0.166 e. The normalized spacial score (nSPS) is 10.7. The van der Waals surface area contributed by atoms with E-state index in [4.69, 9.17) is 11.6 Å². The highest BCUT2D eigenvalue weighted by atomic mass is 35.5. The van der Waals surface area contributed by atoms with Crippen LogP contribution < -0.4 is 0 Å². The van der Waals surface area contributed by atoms with E-state index in [-0.39, 0.29) is 28.1 Å². The number of hydrogen-bond acceptors (Lipinski definition) is 0. The molecule has 1 rings (SSSR count). The van der Waals surface area contributed by atoms with Gasteiger partial charge in [0.25, 0.3) is 0 Å². The first-order chi connectivity index (χ1) is 5.00. The van der Waals surface area contributed by atoms with Gasteiger partial charge in [-0.1, -0.05) is 17.7 Å². The fourth-order valence-electron chi connectivity index (χ4n) is 0.665. The summed E-state index contributed by atoms with van der Waals surface area (Å²) >= 11 is 5.35. The molecule has 0 saturated heterocycles. The Bertz CT molecular complexity index is 259. The zero-order valence-electron chi connectivity index (χ0n) is 5.32. The predicted molar refractivity (Wildman–Crippen MR) is 45.0 cm³/mol. The molecule has 0 aromatic heterocycles. The molecule has 0 aliphatic rings. The van der Waals surface area contributed by atoms with Crippen LogP contribution in [0.2, 0.25) is 5.02 Å². The molecule has 0 N–H and O–H groups in total. The smallest absolute Gasteiger partial charge is 0.166 e. The molecule has 0 amide bonds. The summed E-state index contributed by atoms with van der Waals surface area (Å²) < 4.78 is 35.7. The van der Waals surface area contributed by atoms with Crippen molar-refractivity contribution in [2.75, 3.05) is 0 Å². The third-order valence-electron chi connectivity index (χ3n) is 1.15. The second-order valence-corrected chi connectivity index (χ2v) is 2.44. The summed E-state index contributed by atoms with van der Waals surface area (Å²) in [6.45, 7) is 0. The van der Waals surface area contributed by atoms with Gasteiger partial charge in [0.15, 0.2) is 0 Å². The van der Waals surface area contributed by atoms with Crippen LogP contribution in [0.4, 0.5) is 13.2 Å². The Morgan fingerprint density at radius 1 is 1.17 bits per heavy atom. The van der Waals surface area contributed by atoms with Crippen molar-refractivity contribution in [3.05, 3.63) is 34.9 Å². The standard InChI is InChI=1S/C7H4ClF3.Mg.2H/c8-6-3-1-2-5(4-6)7(9,10)11;;;/h1-4H;;;. The monoisotopic (exact) mass is 206 g/mol. The van der Waals surface area contributed by atoms with Gasteiger partial charge in [-0.15, -0.1) is 0 Å². The average molecular weight is 207 g/mol. The van der Waals surface area contributed by atoms with Crippen LogP contribution in [0.3, 0.4) is 0 Å². The Labute approximate surface area is 88.9 Å². The molecule has 12 heavy (non-hydrogen) atoms. The molecular weight excluding hydrogens is 201 g/mol. The summed E-state index contributed by atoms with van der Waals surface area (Å²) in [5.41, 5.74) is -0.718. The van der Waals surface area contributed by atoms with Crippen LogP contribution >= 0.6 is 11.6 Å². The Balaban J connectivity index is 0.00000121. The lowest BCUT2D eigenvalue weighted by molar-refractivity contribution is -0.137. The van der Waals surface area contributed by atoms with Crippen LogP contribution in [0, 0.1) is 0 Å². The molecule has 0 unspecified atom stereocenters. The number of hydrogen-bond donors (Lipinski definition) is 0. The molecule has 0 nitrogen and oxygen atoms in total. The minimum atomic E-state index is -4.30. The van der Waals surface area contributed by atoms with E-state index in [1.165, 1.54) is 12.1 Å². The van der Waals surface area contributed by atoms with E-state index in [0.29, 0.717) is 0 Å². The second kappa shape index (κ2) is 4.34. The van der Waals surface area contributed by atoms with Crippen LogP contribution in [-0.4, -0.2) is 23.1 Å². The lowest BCUT2D eigenvalue weighted by Crippen LogP contribution is -2.03. The predicted octanol–water partition coefficient (Wildman–Crippen LogP) is 2.44. The van der Waals surface area contributed by atoms with Gasteiger partial charge < -0.3 is 0 Å². The summed E-state index contributed by atoms with van der Waals surface area (Å²) in [5.74, 6) is 0. The lowest BCUT2D eigenvalue weighted by Gasteiger charge is -2.05. The lowest BCUT2D eigenvalue weighted by atomic mass is 10.2. The Hall–Kier alpha value is 0.0662. The Kier molecular flexibility index (Phi) is 4.37. The first kappa shape index (κ1) is 12.1. The summed E-state index contributed by atoms with van der Waals surface area (Å²) in [6.07, 6.45) is -4.30. The number of halogens is 4. The molecule has 0 heterocycles. The van der Waals surface area contributed by atoms with Crippen molar-refractivity contribution < 1.29 is 13.2 Å². The molecule has 1 aromatic rings. The highest BCUT2D eigenvalue weighted by Crippen LogP contribution is 2.30. The maximum atomic E-state index is 11.9. The highest BCUT2D eigenvalue weighted by molar-refractivity contribution is 6.30. The Morgan fingerprint density at radius 2 is 1.75 bits per heavy atom. The molecule has 0 aliphatic heterocycles. The van der Waals surface area contributed by atoms with E-state index in [2.05, 4.69) is 0 Å². The summed E-state index contributed by atoms with van der Waals surface area (Å²) in [5, 5.41) is 0.0971. The number of rotatable bonds is 0. The quantitative estimate of drug-likeness (QED) is 0.573. The van der Waals surface area contributed by atoms with Gasteiger partial charge in [0, 0.05) is 5.02 Å². The highest BCUT2D eigenvalue weighted by Gasteiger charge is 2.30. The van der Waals surface area contributed by atoms with Crippen LogP contribution in [0.15, 0.2) is 24.3 Å². The second-order valence-electron chi connectivity index (χ2n) is 2.01. The maximum absolute atomic E-state index is 11.9. The fourth-order valence-corrected chi connectivity index (χ4v) is 0.855. The van der Waals surface area contributed by atoms with Gasteiger partial charge in [-0.05, 0) is 18.2 Å². The van der Waals surface area contributed by atoms with Crippen LogP contribution in [0.5, 0.6) is 0 Å². The van der Waals surface area contributed by atoms with Crippen molar-refractivity contribution in [2.45, 2.75) is 6.18 Å². The van der Waals surface area contributed by atoms with Crippen molar-refractivity contribution in [1.82, 2.24) is 0 Å². The minimum absolute atomic E-state index is 0. The molecule has 0 spiro atoms. The first-order valence-corrected chi connectivity index (χ1v) is 3.21. The van der Waals surface area contributed by atoms with Crippen molar-refractivity contribution in [3.8, 4) is 0 Å². The molecule has 0 atom stereocenters. The van der Waals surface area contributed by atoms with Crippen LogP contribution in [0.25, 0.3) is 0 Å². The van der Waals surface area contributed by atoms with E-state index in [9.17, 15) is 13.2 Å². The van der Waals surface area contributed by atoms with Crippen molar-refractivity contribution >= 4 is 34.7 Å². The van der Waals surface area contributed by atoms with Crippen LogP contribution in [-0.2, 0) is 6.18 Å². The number of benzene rings is 1. The number of alkyl halides is 3. The summed E-state index contributed by atoms with van der Waals surface area (Å²) in [4.78, 5) is 0. The molecule has 64 valence electrons. The van der Waals surface area contributed by atoms with Crippen LogP contribution in [0.1, 0.15) is 5.56 Å². The zero-order chi connectivity index (χ0) is 8.48. The van der Waals surface area contributed by atoms with E-state index >= 15 is 0 Å². The molecular formula is C7H6ClF3Mg. The molecule has 1 aromatic carbocycles. The van der Waals surface area contributed by atoms with Crippen molar-refractivity contribution in [1.29, 1.82) is 0 Å². The molecule has 5 heteroatoms. The van der Waals surface area contributed by atoms with Gasteiger partial charge in [-0.25, -0.2) is 0 Å². The van der Waals surface area contributed by atoms with E-state index < -0.39 is 11.7 Å². The summed E-state index contributed by atoms with van der Waals surface area (Å²) in [7, 11) is 0. The maximum Gasteiger partial charge on any atom is 0.416 e. The van der Waals surface area contributed by atoms with E-state index in [0.717, 1.165) is 12.1 Å². The zero-order valence-corrected chi connectivity index (χ0v) is 6.08. The Morgan fingerprint density at radius 3 is 2.08 bits per heavy atom. The van der Waals surface area contributed by atoms with Crippen molar-refractivity contribution in [2.24, 2.45) is 0 Å². The molecule has 0 radical (unpaired) electrons. The van der Waals surface area contributed by atoms with Gasteiger partial charge in [0.2, 0.25) is 0 Å². The topological polar surface area (TPSA) is 0 Å². The SMILES string of the molecule is FC(F)(F)c1cccc(Cl)c1.[MgH2]. The van der Waals surface area contributed by atoms with Gasteiger partial charge in [0.05, 0.1) is 5.56 Å². The van der Waals surface area contributed by atoms with Crippen molar-refractivity contribution in [3.63, 3.8) is 0 Å². The average Bonchev–Trinajstić information content (AvgIpc) is 1.86. The van der Waals surface area contributed by atoms with E-state index in [1.807, 2.05) is 0 Å². The third kappa shape index (κ3) is 3.21. The van der Waals surface area contributed by atoms with Gasteiger partial charge in [0.1, 0.15) is 0 Å².